The molecule has 0 saturated carbocycles. The third-order valence-corrected chi connectivity index (χ3v) is 5.02. The van der Waals surface area contributed by atoms with Crippen molar-refractivity contribution in [2.75, 3.05) is 26.3 Å². The van der Waals surface area contributed by atoms with Crippen LogP contribution in [0.1, 0.15) is 25.3 Å². The van der Waals surface area contributed by atoms with Crippen LogP contribution in [0.5, 0.6) is 0 Å². The fourth-order valence-corrected chi connectivity index (χ4v) is 3.71. The molecule has 23 heavy (non-hydrogen) atoms. The van der Waals surface area contributed by atoms with Crippen molar-refractivity contribution in [2.24, 2.45) is 0 Å². The highest BCUT2D eigenvalue weighted by molar-refractivity contribution is 7.89. The lowest BCUT2D eigenvalue weighted by molar-refractivity contribution is -0.130. The lowest BCUT2D eigenvalue weighted by atomic mass is 10.2. The largest absolute Gasteiger partial charge is 0.378 e. The quantitative estimate of drug-likeness (QED) is 0.805. The van der Waals surface area contributed by atoms with Gasteiger partial charge < -0.3 is 4.74 Å². The Morgan fingerprint density at radius 2 is 2.09 bits per heavy atom. The van der Waals surface area contributed by atoms with Crippen molar-refractivity contribution in [1.82, 2.24) is 9.62 Å². The molecule has 7 heteroatoms. The van der Waals surface area contributed by atoms with Crippen molar-refractivity contribution >= 4 is 15.9 Å². The second-order valence-electron chi connectivity index (χ2n) is 5.69. The molecular formula is C16H24N2O4S. The summed E-state index contributed by atoms with van der Waals surface area (Å²) in [5.41, 5.74) is 0.649. The summed E-state index contributed by atoms with van der Waals surface area (Å²) in [7, 11) is -3.71. The van der Waals surface area contributed by atoms with E-state index in [1.807, 2.05) is 11.0 Å². The number of rotatable bonds is 7. The molecule has 1 atom stereocenters. The zero-order chi connectivity index (χ0) is 16.7. The van der Waals surface area contributed by atoms with Crippen molar-refractivity contribution in [3.8, 4) is 0 Å². The zero-order valence-corrected chi connectivity index (χ0v) is 14.2. The van der Waals surface area contributed by atoms with E-state index in [9.17, 15) is 13.2 Å². The molecule has 1 aliphatic heterocycles. The maximum atomic E-state index is 12.4. The van der Waals surface area contributed by atoms with Crippen LogP contribution < -0.4 is 4.72 Å². The number of sulfonamides is 1. The normalized spacial score (nSPS) is 19.4. The molecule has 1 aliphatic rings. The number of ether oxygens (including phenoxy) is 1. The smallest absolute Gasteiger partial charge is 0.253 e. The Morgan fingerprint density at radius 1 is 1.35 bits per heavy atom. The van der Waals surface area contributed by atoms with E-state index in [1.54, 1.807) is 24.3 Å². The van der Waals surface area contributed by atoms with E-state index in [4.69, 9.17) is 4.74 Å². The first-order valence-electron chi connectivity index (χ1n) is 7.92. The predicted molar refractivity (Wildman–Crippen MR) is 88.3 cm³/mol. The molecule has 0 aliphatic carbocycles. The maximum Gasteiger partial charge on any atom is 0.253 e. The summed E-state index contributed by atoms with van der Waals surface area (Å²) in [5, 5.41) is 0. The first-order chi connectivity index (χ1) is 11.0. The molecule has 1 aromatic rings. The number of benzene rings is 1. The highest BCUT2D eigenvalue weighted by atomic mass is 32.2. The van der Waals surface area contributed by atoms with Gasteiger partial charge in [0.25, 0.3) is 5.91 Å². The molecule has 0 aromatic heterocycles. The number of hydrogen-bond acceptors (Lipinski definition) is 5. The minimum Gasteiger partial charge on any atom is -0.378 e. The lowest BCUT2D eigenvalue weighted by Crippen LogP contribution is -2.54. The van der Waals surface area contributed by atoms with Gasteiger partial charge in [0.05, 0.1) is 19.0 Å². The maximum absolute atomic E-state index is 12.4. The second kappa shape index (κ2) is 8.42. The standard InChI is InChI=1S/C16H24N2O4S/c1-2-3-9-18-10-11-22-12-15(18)16(19)17-23(20,21)13-14-7-5-4-6-8-14/h4-8,15H,2-3,9-13H2,1H3,(H,17,19)/t15-/m1/s1. The average Bonchev–Trinajstić information content (AvgIpc) is 2.53. The highest BCUT2D eigenvalue weighted by Crippen LogP contribution is 2.10. The Balaban J connectivity index is 1.98. The van der Waals surface area contributed by atoms with Gasteiger partial charge in [-0.15, -0.1) is 0 Å². The Bertz CT molecular complexity index is 604. The molecule has 1 heterocycles. The summed E-state index contributed by atoms with van der Waals surface area (Å²) in [6.45, 7) is 4.31. The third-order valence-electron chi connectivity index (χ3n) is 3.80. The number of unbranched alkanes of at least 4 members (excludes halogenated alkanes) is 1. The number of nitrogens with zero attached hydrogens (tertiary/aromatic N) is 1. The van der Waals surface area contributed by atoms with Gasteiger partial charge in [-0.1, -0.05) is 43.7 Å². The van der Waals surface area contributed by atoms with Crippen LogP contribution in [0.3, 0.4) is 0 Å². The summed E-state index contributed by atoms with van der Waals surface area (Å²) in [4.78, 5) is 14.4. The lowest BCUT2D eigenvalue weighted by Gasteiger charge is -2.34. The first-order valence-corrected chi connectivity index (χ1v) is 9.57. The molecule has 2 rings (SSSR count). The summed E-state index contributed by atoms with van der Waals surface area (Å²) < 4.78 is 31.9. The number of hydrogen-bond donors (Lipinski definition) is 1. The summed E-state index contributed by atoms with van der Waals surface area (Å²) in [6.07, 6.45) is 2.00. The van der Waals surface area contributed by atoms with Gasteiger partial charge in [0.15, 0.2) is 0 Å². The number of amides is 1. The summed E-state index contributed by atoms with van der Waals surface area (Å²) in [5.74, 6) is -0.709. The Kier molecular flexibility index (Phi) is 6.56. The van der Waals surface area contributed by atoms with E-state index in [2.05, 4.69) is 11.6 Å². The van der Waals surface area contributed by atoms with E-state index < -0.39 is 22.0 Å². The summed E-state index contributed by atoms with van der Waals surface area (Å²) >= 11 is 0. The molecule has 128 valence electrons. The van der Waals surface area contributed by atoms with Crippen LogP contribution in [0.4, 0.5) is 0 Å². The zero-order valence-electron chi connectivity index (χ0n) is 13.4. The van der Waals surface area contributed by atoms with E-state index in [0.29, 0.717) is 18.7 Å². The van der Waals surface area contributed by atoms with Gasteiger partial charge >= 0.3 is 0 Å². The molecule has 0 unspecified atom stereocenters. The van der Waals surface area contributed by atoms with Crippen LogP contribution in [-0.2, 0) is 25.3 Å². The van der Waals surface area contributed by atoms with Crippen LogP contribution in [0.15, 0.2) is 30.3 Å². The van der Waals surface area contributed by atoms with Crippen LogP contribution in [0, 0.1) is 0 Å². The number of carbonyl (C=O) groups is 1. The molecular weight excluding hydrogens is 316 g/mol. The molecule has 0 spiro atoms. The van der Waals surface area contributed by atoms with Gasteiger partial charge in [-0.3, -0.25) is 14.4 Å². The molecule has 1 aromatic carbocycles. The Morgan fingerprint density at radius 3 is 2.78 bits per heavy atom. The van der Waals surface area contributed by atoms with Crippen molar-refractivity contribution < 1.29 is 17.9 Å². The topological polar surface area (TPSA) is 75.7 Å². The SMILES string of the molecule is CCCCN1CCOC[C@@H]1C(=O)NS(=O)(=O)Cc1ccccc1. The second-order valence-corrected chi connectivity index (χ2v) is 7.41. The Hall–Kier alpha value is -1.44. The van der Waals surface area contributed by atoms with Gasteiger partial charge in [0.1, 0.15) is 6.04 Å². The minimum atomic E-state index is -3.71. The molecule has 1 saturated heterocycles. The minimum absolute atomic E-state index is 0.206. The van der Waals surface area contributed by atoms with Gasteiger partial charge in [0, 0.05) is 6.54 Å². The van der Waals surface area contributed by atoms with Crippen LogP contribution in [0.2, 0.25) is 0 Å². The summed E-state index contributed by atoms with van der Waals surface area (Å²) in [6, 6.07) is 8.27. The number of nitrogens with one attached hydrogen (secondary N) is 1. The predicted octanol–water partition coefficient (Wildman–Crippen LogP) is 1.13. The highest BCUT2D eigenvalue weighted by Gasteiger charge is 2.31. The van der Waals surface area contributed by atoms with E-state index >= 15 is 0 Å². The molecule has 1 fully saturated rings. The van der Waals surface area contributed by atoms with Gasteiger partial charge in [-0.25, -0.2) is 8.42 Å². The van der Waals surface area contributed by atoms with E-state index in [1.165, 1.54) is 0 Å². The average molecular weight is 340 g/mol. The van der Waals surface area contributed by atoms with Crippen molar-refractivity contribution in [3.63, 3.8) is 0 Å². The van der Waals surface area contributed by atoms with E-state index in [0.717, 1.165) is 19.4 Å². The molecule has 0 radical (unpaired) electrons. The molecule has 1 N–H and O–H groups in total. The van der Waals surface area contributed by atoms with Crippen molar-refractivity contribution in [2.45, 2.75) is 31.6 Å². The van der Waals surface area contributed by atoms with Crippen molar-refractivity contribution in [1.29, 1.82) is 0 Å². The molecule has 1 amide bonds. The fourth-order valence-electron chi connectivity index (χ4n) is 2.56. The van der Waals surface area contributed by atoms with Gasteiger partial charge in [-0.2, -0.15) is 0 Å². The van der Waals surface area contributed by atoms with Crippen LogP contribution in [0.25, 0.3) is 0 Å². The fraction of sp³-hybridized carbons (Fsp3) is 0.562. The van der Waals surface area contributed by atoms with Crippen LogP contribution >= 0.6 is 0 Å². The third kappa shape index (κ3) is 5.60. The monoisotopic (exact) mass is 340 g/mol. The molecule has 0 bridgehead atoms. The van der Waals surface area contributed by atoms with Gasteiger partial charge in [-0.05, 0) is 18.5 Å². The number of carbonyl (C=O) groups excluding carboxylic acids is 1. The van der Waals surface area contributed by atoms with Gasteiger partial charge in [0.2, 0.25) is 10.0 Å². The van der Waals surface area contributed by atoms with Crippen LogP contribution in [-0.4, -0.2) is 51.6 Å². The first kappa shape index (κ1) is 17.9. The van der Waals surface area contributed by atoms with E-state index in [-0.39, 0.29) is 12.4 Å². The Labute approximate surface area is 137 Å². The number of morpholine rings is 1. The van der Waals surface area contributed by atoms with Crippen molar-refractivity contribution in [3.05, 3.63) is 35.9 Å². The molecule has 6 nitrogen and oxygen atoms in total.